The zero-order valence-electron chi connectivity index (χ0n) is 12.6. The van der Waals surface area contributed by atoms with Crippen molar-refractivity contribution in [2.24, 2.45) is 5.41 Å². The Morgan fingerprint density at radius 1 is 1.30 bits per heavy atom. The van der Waals surface area contributed by atoms with Gasteiger partial charge in [-0.05, 0) is 39.5 Å². The van der Waals surface area contributed by atoms with Gasteiger partial charge in [0.1, 0.15) is 0 Å². The molecule has 0 amide bonds. The van der Waals surface area contributed by atoms with Crippen LogP contribution >= 0.6 is 7.60 Å². The molecule has 0 saturated heterocycles. The van der Waals surface area contributed by atoms with E-state index in [2.05, 4.69) is 6.58 Å². The summed E-state index contributed by atoms with van der Waals surface area (Å²) in [4.78, 5) is 0. The van der Waals surface area contributed by atoms with Crippen molar-refractivity contribution in [1.29, 1.82) is 0 Å². The standard InChI is InChI=1S/C15H27O4P/c1-4-18-20(17,19-5-2)14-12(3)9-11-15(14)10-7-6-8-13(15)16/h13-14,16H,3-11H2,1-2H3/t13?,14-,15+/m1/s1. The van der Waals surface area contributed by atoms with E-state index in [1.165, 1.54) is 0 Å². The summed E-state index contributed by atoms with van der Waals surface area (Å²) in [5.74, 6) is 0. The summed E-state index contributed by atoms with van der Waals surface area (Å²) in [5, 5.41) is 10.6. The average molecular weight is 302 g/mol. The van der Waals surface area contributed by atoms with Crippen LogP contribution in [-0.2, 0) is 13.6 Å². The van der Waals surface area contributed by atoms with Crippen LogP contribution in [0.4, 0.5) is 0 Å². The molecule has 1 unspecified atom stereocenters. The van der Waals surface area contributed by atoms with Gasteiger partial charge >= 0.3 is 7.60 Å². The second-order valence-corrected chi connectivity index (χ2v) is 8.04. The molecule has 0 aromatic carbocycles. The molecule has 0 heterocycles. The summed E-state index contributed by atoms with van der Waals surface area (Å²) in [6, 6.07) is 0. The maximum absolute atomic E-state index is 13.2. The second kappa shape index (κ2) is 6.31. The third-order valence-electron chi connectivity index (χ3n) is 4.81. The Hall–Kier alpha value is -0.150. The van der Waals surface area contributed by atoms with Crippen LogP contribution in [0.25, 0.3) is 0 Å². The van der Waals surface area contributed by atoms with Crippen molar-refractivity contribution < 1.29 is 18.7 Å². The molecule has 0 aromatic rings. The lowest BCUT2D eigenvalue weighted by Gasteiger charge is -2.44. The van der Waals surface area contributed by atoms with Gasteiger partial charge in [-0.2, -0.15) is 0 Å². The summed E-state index contributed by atoms with van der Waals surface area (Å²) in [5.41, 5.74) is 0.233. The van der Waals surface area contributed by atoms with Crippen LogP contribution in [0.3, 0.4) is 0 Å². The fraction of sp³-hybridized carbons (Fsp3) is 0.867. The van der Waals surface area contributed by atoms with Gasteiger partial charge in [0.05, 0.1) is 25.0 Å². The largest absolute Gasteiger partial charge is 0.393 e. The zero-order valence-corrected chi connectivity index (χ0v) is 13.5. The molecule has 0 aromatic heterocycles. The third-order valence-corrected chi connectivity index (χ3v) is 7.56. The Morgan fingerprint density at radius 2 is 1.95 bits per heavy atom. The van der Waals surface area contributed by atoms with Crippen molar-refractivity contribution in [2.75, 3.05) is 13.2 Å². The van der Waals surface area contributed by atoms with Gasteiger partial charge in [-0.25, -0.2) is 0 Å². The predicted octanol–water partition coefficient (Wildman–Crippen LogP) is 3.89. The highest BCUT2D eigenvalue weighted by Gasteiger charge is 2.58. The van der Waals surface area contributed by atoms with Gasteiger partial charge < -0.3 is 14.2 Å². The number of rotatable bonds is 5. The molecule has 2 aliphatic carbocycles. The summed E-state index contributed by atoms with van der Waals surface area (Å²) in [6.07, 6.45) is 5.02. The molecule has 20 heavy (non-hydrogen) atoms. The molecule has 3 atom stereocenters. The van der Waals surface area contributed by atoms with Gasteiger partial charge in [-0.3, -0.25) is 4.57 Å². The Morgan fingerprint density at radius 3 is 2.50 bits per heavy atom. The van der Waals surface area contributed by atoms with Crippen molar-refractivity contribution in [3.63, 3.8) is 0 Å². The highest BCUT2D eigenvalue weighted by atomic mass is 31.2. The van der Waals surface area contributed by atoms with Crippen molar-refractivity contribution in [3.05, 3.63) is 12.2 Å². The molecule has 0 bridgehead atoms. The minimum Gasteiger partial charge on any atom is -0.393 e. The Balaban J connectivity index is 2.38. The number of hydrogen-bond donors (Lipinski definition) is 1. The molecular formula is C15H27O4P. The number of aliphatic hydroxyl groups excluding tert-OH is 1. The number of hydrogen-bond acceptors (Lipinski definition) is 4. The molecule has 0 radical (unpaired) electrons. The lowest BCUT2D eigenvalue weighted by atomic mass is 9.70. The average Bonchev–Trinajstić information content (AvgIpc) is 2.73. The van der Waals surface area contributed by atoms with Crippen molar-refractivity contribution in [3.8, 4) is 0 Å². The van der Waals surface area contributed by atoms with Crippen LogP contribution < -0.4 is 0 Å². The summed E-state index contributed by atoms with van der Waals surface area (Å²) in [6.45, 7) is 8.47. The van der Waals surface area contributed by atoms with Gasteiger partial charge in [0.15, 0.2) is 0 Å². The molecular weight excluding hydrogens is 275 g/mol. The molecule has 1 N–H and O–H groups in total. The van der Waals surface area contributed by atoms with Gasteiger partial charge in [-0.1, -0.05) is 25.0 Å². The SMILES string of the molecule is C=C1CC[C@]2(CCCCC2O)[C@@H]1P(=O)(OCC)OCC. The highest BCUT2D eigenvalue weighted by Crippen LogP contribution is 2.68. The Kier molecular flexibility index (Phi) is 5.12. The Labute approximate surface area is 122 Å². The van der Waals surface area contributed by atoms with Crippen LogP contribution in [0.1, 0.15) is 52.4 Å². The fourth-order valence-corrected chi connectivity index (χ4v) is 6.74. The zero-order chi connectivity index (χ0) is 14.8. The molecule has 5 heteroatoms. The highest BCUT2D eigenvalue weighted by molar-refractivity contribution is 7.55. The second-order valence-electron chi connectivity index (χ2n) is 5.93. The van der Waals surface area contributed by atoms with Gasteiger partial charge in [0, 0.05) is 5.41 Å². The van der Waals surface area contributed by atoms with Crippen molar-refractivity contribution in [1.82, 2.24) is 0 Å². The van der Waals surface area contributed by atoms with Crippen molar-refractivity contribution in [2.45, 2.75) is 64.1 Å². The van der Waals surface area contributed by atoms with E-state index >= 15 is 0 Å². The summed E-state index contributed by atoms with van der Waals surface area (Å²) >= 11 is 0. The molecule has 1 spiro atoms. The van der Waals surface area contributed by atoms with E-state index in [-0.39, 0.29) is 11.1 Å². The summed E-state index contributed by atoms with van der Waals surface area (Å²) < 4.78 is 24.4. The van der Waals surface area contributed by atoms with Crippen LogP contribution in [0.2, 0.25) is 0 Å². The number of allylic oxidation sites excluding steroid dienone is 1. The van der Waals surface area contributed by atoms with E-state index in [1.54, 1.807) is 0 Å². The van der Waals surface area contributed by atoms with E-state index in [9.17, 15) is 9.67 Å². The van der Waals surface area contributed by atoms with Crippen LogP contribution in [-0.4, -0.2) is 30.1 Å². The first-order valence-electron chi connectivity index (χ1n) is 7.74. The summed E-state index contributed by atoms with van der Waals surface area (Å²) in [7, 11) is -3.25. The topological polar surface area (TPSA) is 55.8 Å². The third kappa shape index (κ3) is 2.64. The minimum atomic E-state index is -3.25. The first kappa shape index (κ1) is 16.2. The van der Waals surface area contributed by atoms with Gasteiger partial charge in [-0.15, -0.1) is 0 Å². The maximum Gasteiger partial charge on any atom is 0.338 e. The van der Waals surface area contributed by atoms with E-state index in [4.69, 9.17) is 9.05 Å². The predicted molar refractivity (Wildman–Crippen MR) is 79.9 cm³/mol. The van der Waals surface area contributed by atoms with Crippen LogP contribution in [0.5, 0.6) is 0 Å². The first-order chi connectivity index (χ1) is 9.50. The monoisotopic (exact) mass is 302 g/mol. The number of aliphatic hydroxyl groups is 1. The maximum atomic E-state index is 13.2. The molecule has 2 saturated carbocycles. The van der Waals surface area contributed by atoms with Gasteiger partial charge in [0.25, 0.3) is 0 Å². The molecule has 4 nitrogen and oxygen atoms in total. The van der Waals surface area contributed by atoms with E-state index in [0.29, 0.717) is 13.2 Å². The Bertz CT molecular complexity index is 399. The molecule has 2 rings (SSSR count). The molecule has 0 aliphatic heterocycles. The smallest absolute Gasteiger partial charge is 0.338 e. The van der Waals surface area contributed by atoms with Crippen LogP contribution in [0.15, 0.2) is 12.2 Å². The molecule has 2 aliphatic rings. The fourth-order valence-electron chi connectivity index (χ4n) is 4.01. The lowest BCUT2D eigenvalue weighted by Crippen LogP contribution is -2.44. The normalized spacial score (nSPS) is 34.9. The van der Waals surface area contributed by atoms with E-state index in [0.717, 1.165) is 44.1 Å². The van der Waals surface area contributed by atoms with Crippen molar-refractivity contribution >= 4 is 7.60 Å². The molecule has 2 fully saturated rings. The van der Waals surface area contributed by atoms with Crippen LogP contribution in [0, 0.1) is 5.41 Å². The first-order valence-corrected chi connectivity index (χ1v) is 9.36. The molecule has 116 valence electrons. The quantitative estimate of drug-likeness (QED) is 0.618. The minimum absolute atomic E-state index is 0.342. The van der Waals surface area contributed by atoms with E-state index < -0.39 is 13.7 Å². The van der Waals surface area contributed by atoms with Gasteiger partial charge in [0.2, 0.25) is 0 Å². The van der Waals surface area contributed by atoms with E-state index in [1.807, 2.05) is 13.8 Å². The lowest BCUT2D eigenvalue weighted by molar-refractivity contribution is -0.00876.